The van der Waals surface area contributed by atoms with E-state index in [9.17, 15) is 14.4 Å². The van der Waals surface area contributed by atoms with Crippen molar-refractivity contribution in [2.75, 3.05) is 13.2 Å². The molecule has 0 saturated carbocycles. The molecule has 0 spiro atoms. The quantitative estimate of drug-likeness (QED) is 0.0261. The van der Waals surface area contributed by atoms with Crippen LogP contribution in [0.3, 0.4) is 0 Å². The van der Waals surface area contributed by atoms with E-state index in [4.69, 9.17) is 14.2 Å². The predicted octanol–water partition coefficient (Wildman–Crippen LogP) is 24.5. The zero-order chi connectivity index (χ0) is 57.8. The molecule has 0 N–H and O–H groups in total. The molecule has 0 heterocycles. The molecule has 0 saturated heterocycles. The number of allylic oxidation sites excluding steroid dienone is 8. The highest BCUT2D eigenvalue weighted by atomic mass is 16.6. The maximum Gasteiger partial charge on any atom is 0.306 e. The summed E-state index contributed by atoms with van der Waals surface area (Å²) in [5.74, 6) is -0.857. The summed E-state index contributed by atoms with van der Waals surface area (Å²) in [7, 11) is 0. The molecule has 6 heteroatoms. The molecule has 0 fully saturated rings. The van der Waals surface area contributed by atoms with Crippen LogP contribution in [0.2, 0.25) is 0 Å². The summed E-state index contributed by atoms with van der Waals surface area (Å²) >= 11 is 0. The van der Waals surface area contributed by atoms with Crippen molar-refractivity contribution >= 4 is 17.9 Å². The Morgan fingerprint density at radius 2 is 0.450 bits per heavy atom. The third-order valence-corrected chi connectivity index (χ3v) is 16.1. The fourth-order valence-electron chi connectivity index (χ4n) is 10.7. The molecular formula is C74H136O6. The number of hydrogen-bond acceptors (Lipinski definition) is 6. The van der Waals surface area contributed by atoms with Crippen LogP contribution < -0.4 is 0 Å². The summed E-state index contributed by atoms with van der Waals surface area (Å²) in [5.41, 5.74) is 0. The molecule has 0 aromatic rings. The van der Waals surface area contributed by atoms with Gasteiger partial charge < -0.3 is 14.2 Å². The van der Waals surface area contributed by atoms with E-state index in [-0.39, 0.29) is 31.1 Å². The molecular weight excluding hydrogens is 985 g/mol. The Bertz CT molecular complexity index is 1380. The van der Waals surface area contributed by atoms with Gasteiger partial charge in [0, 0.05) is 19.3 Å². The smallest absolute Gasteiger partial charge is 0.306 e. The first-order chi connectivity index (χ1) is 39.5. The highest BCUT2D eigenvalue weighted by Gasteiger charge is 2.19. The summed E-state index contributed by atoms with van der Waals surface area (Å²) < 4.78 is 17.0. The molecule has 1 unspecified atom stereocenters. The second-order valence-corrected chi connectivity index (χ2v) is 24.1. The molecule has 0 radical (unpaired) electrons. The van der Waals surface area contributed by atoms with Gasteiger partial charge in [0.05, 0.1) is 0 Å². The summed E-state index contributed by atoms with van der Waals surface area (Å²) in [6, 6.07) is 0. The fraction of sp³-hybridized carbons (Fsp3) is 0.851. The molecule has 0 rings (SSSR count). The summed E-state index contributed by atoms with van der Waals surface area (Å²) in [6.45, 7) is 6.66. The molecule has 0 bridgehead atoms. The summed E-state index contributed by atoms with van der Waals surface area (Å²) in [6.07, 6.45) is 87.2. The number of unbranched alkanes of at least 4 members (excludes halogenated alkanes) is 47. The van der Waals surface area contributed by atoms with Gasteiger partial charge in [0.1, 0.15) is 13.2 Å². The van der Waals surface area contributed by atoms with Crippen LogP contribution in [0.4, 0.5) is 0 Å². The molecule has 0 aromatic carbocycles. The van der Waals surface area contributed by atoms with Gasteiger partial charge in [0.2, 0.25) is 0 Å². The molecule has 0 aliphatic carbocycles. The van der Waals surface area contributed by atoms with E-state index >= 15 is 0 Å². The van der Waals surface area contributed by atoms with Crippen molar-refractivity contribution < 1.29 is 28.6 Å². The van der Waals surface area contributed by atoms with Crippen molar-refractivity contribution in [1.82, 2.24) is 0 Å². The van der Waals surface area contributed by atoms with Gasteiger partial charge in [-0.05, 0) is 83.5 Å². The maximum absolute atomic E-state index is 12.9. The Labute approximate surface area is 498 Å². The van der Waals surface area contributed by atoms with Crippen molar-refractivity contribution in [1.29, 1.82) is 0 Å². The Balaban J connectivity index is 4.21. The molecule has 0 aliphatic heterocycles. The van der Waals surface area contributed by atoms with E-state index in [1.165, 1.54) is 270 Å². The van der Waals surface area contributed by atoms with E-state index in [0.717, 1.165) is 77.0 Å². The van der Waals surface area contributed by atoms with Crippen molar-refractivity contribution in [3.8, 4) is 0 Å². The van der Waals surface area contributed by atoms with E-state index in [1.54, 1.807) is 0 Å². The number of esters is 3. The lowest BCUT2D eigenvalue weighted by Gasteiger charge is -2.18. The van der Waals surface area contributed by atoms with Gasteiger partial charge in [-0.25, -0.2) is 0 Å². The van der Waals surface area contributed by atoms with Crippen LogP contribution in [0.1, 0.15) is 387 Å². The van der Waals surface area contributed by atoms with Crippen molar-refractivity contribution in [3.63, 3.8) is 0 Å². The second-order valence-electron chi connectivity index (χ2n) is 24.1. The zero-order valence-electron chi connectivity index (χ0n) is 53.9. The molecule has 468 valence electrons. The average molecular weight is 1120 g/mol. The van der Waals surface area contributed by atoms with Crippen LogP contribution in [0.15, 0.2) is 48.6 Å². The largest absolute Gasteiger partial charge is 0.462 e. The standard InChI is InChI=1S/C74H136O6/c1-4-7-10-13-16-19-22-25-27-29-31-33-35-36-37-38-40-41-43-45-47-49-52-55-58-61-64-67-73(76)79-70-71(69-78-72(75)66-63-60-57-54-51-24-21-18-15-12-9-6-3)80-74(77)68-65-62-59-56-53-50-48-46-44-42-39-34-32-30-28-26-23-20-17-14-11-8-5-2/h18,21-22,25,29,31,35-36,71H,4-17,19-20,23-24,26-28,30,32-34,37-70H2,1-3H3/b21-18-,25-22-,31-29-,36-35-. The lowest BCUT2D eigenvalue weighted by Crippen LogP contribution is -2.30. The number of rotatable bonds is 66. The highest BCUT2D eigenvalue weighted by molar-refractivity contribution is 5.71. The van der Waals surface area contributed by atoms with Crippen LogP contribution in [0.25, 0.3) is 0 Å². The zero-order valence-corrected chi connectivity index (χ0v) is 53.9. The van der Waals surface area contributed by atoms with Gasteiger partial charge in [-0.2, -0.15) is 0 Å². The van der Waals surface area contributed by atoms with Crippen LogP contribution in [0.5, 0.6) is 0 Å². The van der Waals surface area contributed by atoms with Crippen LogP contribution >= 0.6 is 0 Å². The van der Waals surface area contributed by atoms with Gasteiger partial charge in [0.25, 0.3) is 0 Å². The maximum atomic E-state index is 12.9. The molecule has 6 nitrogen and oxygen atoms in total. The van der Waals surface area contributed by atoms with Gasteiger partial charge in [0.15, 0.2) is 6.10 Å². The first kappa shape index (κ1) is 77.4. The lowest BCUT2D eigenvalue weighted by atomic mass is 10.0. The molecule has 0 aliphatic rings. The topological polar surface area (TPSA) is 78.9 Å². The van der Waals surface area contributed by atoms with Gasteiger partial charge in [-0.3, -0.25) is 14.4 Å². The van der Waals surface area contributed by atoms with Gasteiger partial charge in [-0.1, -0.05) is 333 Å². The third-order valence-electron chi connectivity index (χ3n) is 16.1. The Hall–Kier alpha value is -2.63. The second kappa shape index (κ2) is 68.9. The Morgan fingerprint density at radius 1 is 0.250 bits per heavy atom. The van der Waals surface area contributed by atoms with E-state index in [0.29, 0.717) is 19.3 Å². The van der Waals surface area contributed by atoms with Crippen LogP contribution in [-0.4, -0.2) is 37.2 Å². The highest BCUT2D eigenvalue weighted by Crippen LogP contribution is 2.18. The summed E-state index contributed by atoms with van der Waals surface area (Å²) in [4.78, 5) is 38.4. The van der Waals surface area contributed by atoms with E-state index in [2.05, 4.69) is 69.4 Å². The number of hydrogen-bond donors (Lipinski definition) is 0. The van der Waals surface area contributed by atoms with Crippen molar-refractivity contribution in [2.45, 2.75) is 393 Å². The third kappa shape index (κ3) is 66.2. The van der Waals surface area contributed by atoms with Gasteiger partial charge >= 0.3 is 17.9 Å². The number of ether oxygens (including phenoxy) is 3. The molecule has 0 amide bonds. The average Bonchev–Trinajstić information content (AvgIpc) is 3.46. The number of carbonyl (C=O) groups is 3. The fourth-order valence-corrected chi connectivity index (χ4v) is 10.7. The minimum absolute atomic E-state index is 0.0724. The molecule has 80 heavy (non-hydrogen) atoms. The molecule has 0 aromatic heterocycles. The van der Waals surface area contributed by atoms with Crippen LogP contribution in [0, 0.1) is 0 Å². The minimum atomic E-state index is -0.776. The first-order valence-electron chi connectivity index (χ1n) is 35.6. The summed E-state index contributed by atoms with van der Waals surface area (Å²) in [5, 5.41) is 0. The molecule has 1 atom stereocenters. The van der Waals surface area contributed by atoms with Crippen molar-refractivity contribution in [2.24, 2.45) is 0 Å². The Morgan fingerprint density at radius 3 is 0.738 bits per heavy atom. The lowest BCUT2D eigenvalue weighted by molar-refractivity contribution is -0.167. The minimum Gasteiger partial charge on any atom is -0.462 e. The van der Waals surface area contributed by atoms with Crippen LogP contribution in [-0.2, 0) is 28.6 Å². The monoisotopic (exact) mass is 1120 g/mol. The first-order valence-corrected chi connectivity index (χ1v) is 35.6. The Kier molecular flexibility index (Phi) is 66.6. The van der Waals surface area contributed by atoms with Crippen molar-refractivity contribution in [3.05, 3.63) is 48.6 Å². The van der Waals surface area contributed by atoms with E-state index < -0.39 is 6.10 Å². The normalized spacial score (nSPS) is 12.3. The number of carbonyl (C=O) groups excluding carboxylic acids is 3. The van der Waals surface area contributed by atoms with Gasteiger partial charge in [-0.15, -0.1) is 0 Å². The predicted molar refractivity (Wildman–Crippen MR) is 349 cm³/mol. The SMILES string of the molecule is CCCCC/C=C\CCCCCCCC(=O)OCC(COC(=O)CCCCCCCCCCCCCC/C=C\C/C=C\C/C=C\CCCCCCC)OC(=O)CCCCCCCCCCCCCCCCCCCCCCCCC. The van der Waals surface area contributed by atoms with E-state index in [1.807, 2.05) is 0 Å².